The van der Waals surface area contributed by atoms with Crippen LogP contribution in [0.4, 0.5) is 31.1 Å². The van der Waals surface area contributed by atoms with Crippen molar-refractivity contribution in [3.05, 3.63) is 75.4 Å². The highest BCUT2D eigenvalue weighted by Crippen LogP contribution is 2.41. The van der Waals surface area contributed by atoms with E-state index in [0.29, 0.717) is 54.0 Å². The van der Waals surface area contributed by atoms with Crippen molar-refractivity contribution < 1.29 is 45.8 Å². The number of carboxylic acids is 1. The standard InChI is InChI=1S/C32H32F6N2O4/c1-3-19(10-20-4-7-22(8-5-20)29(41)42)11-23-9-6-21(16-39)12-25(23)17-40-18(2)28(44-30(40)43)24-13-26(31(33,34)35)15-27(14-24)32(36,37)38/h6,9,11-15,18,20,22,28H,3-5,7-8,10,17H2,1-2H3,(H,41,42)/b19-11+/t18-,20?,22?,28-/m0/s1. The number of nitriles is 1. The first-order valence-electron chi connectivity index (χ1n) is 14.3. The van der Waals surface area contributed by atoms with Crippen LogP contribution in [0.5, 0.6) is 0 Å². The lowest BCUT2D eigenvalue weighted by atomic mass is 9.78. The predicted molar refractivity (Wildman–Crippen MR) is 148 cm³/mol. The van der Waals surface area contributed by atoms with Gasteiger partial charge >= 0.3 is 24.4 Å². The molecule has 0 unspecified atom stereocenters. The van der Waals surface area contributed by atoms with Crippen LogP contribution in [-0.4, -0.2) is 28.1 Å². The molecule has 2 aromatic carbocycles. The molecule has 4 rings (SSSR count). The summed E-state index contributed by atoms with van der Waals surface area (Å²) in [6.45, 7) is 3.38. The van der Waals surface area contributed by atoms with Crippen LogP contribution in [0.3, 0.4) is 0 Å². The van der Waals surface area contributed by atoms with Gasteiger partial charge in [0.05, 0.1) is 41.3 Å². The smallest absolute Gasteiger partial charge is 0.416 e. The number of ether oxygens (including phenoxy) is 1. The van der Waals surface area contributed by atoms with Gasteiger partial charge in [-0.25, -0.2) is 4.79 Å². The third-order valence-corrected chi connectivity index (χ3v) is 8.50. The van der Waals surface area contributed by atoms with Crippen LogP contribution < -0.4 is 0 Å². The fourth-order valence-corrected chi connectivity index (χ4v) is 5.95. The van der Waals surface area contributed by atoms with Gasteiger partial charge in [-0.1, -0.05) is 24.6 Å². The number of benzene rings is 2. The van der Waals surface area contributed by atoms with Crippen LogP contribution in [-0.2, 0) is 28.4 Å². The Kier molecular flexibility index (Phi) is 9.66. The molecule has 0 aromatic heterocycles. The molecule has 1 heterocycles. The Morgan fingerprint density at radius 2 is 1.66 bits per heavy atom. The van der Waals surface area contributed by atoms with E-state index in [1.165, 1.54) is 11.8 Å². The predicted octanol–water partition coefficient (Wildman–Crippen LogP) is 8.75. The normalized spacial score (nSPS) is 22.9. The molecule has 12 heteroatoms. The Balaban J connectivity index is 1.60. The molecule has 1 saturated heterocycles. The largest absolute Gasteiger partial charge is 0.481 e. The molecule has 1 amide bonds. The third-order valence-electron chi connectivity index (χ3n) is 8.50. The number of hydrogen-bond acceptors (Lipinski definition) is 4. The van der Waals surface area contributed by atoms with E-state index in [1.54, 1.807) is 18.2 Å². The molecular formula is C32H32F6N2O4. The molecule has 1 aliphatic heterocycles. The number of rotatable bonds is 8. The Morgan fingerprint density at radius 3 is 2.18 bits per heavy atom. The maximum Gasteiger partial charge on any atom is 0.416 e. The molecule has 2 atom stereocenters. The van der Waals surface area contributed by atoms with E-state index in [0.717, 1.165) is 24.8 Å². The summed E-state index contributed by atoms with van der Waals surface area (Å²) in [4.78, 5) is 25.5. The Hall–Kier alpha value is -4.01. The first-order valence-corrected chi connectivity index (χ1v) is 14.3. The summed E-state index contributed by atoms with van der Waals surface area (Å²) >= 11 is 0. The monoisotopic (exact) mass is 622 g/mol. The zero-order valence-corrected chi connectivity index (χ0v) is 24.1. The Bertz CT molecular complexity index is 1440. The number of allylic oxidation sites excluding steroid dienone is 1. The minimum Gasteiger partial charge on any atom is -0.481 e. The van der Waals surface area contributed by atoms with Crippen LogP contribution >= 0.6 is 0 Å². The highest BCUT2D eigenvalue weighted by Gasteiger charge is 2.43. The van der Waals surface area contributed by atoms with Gasteiger partial charge in [0.25, 0.3) is 0 Å². The van der Waals surface area contributed by atoms with Crippen LogP contribution in [0.15, 0.2) is 42.0 Å². The van der Waals surface area contributed by atoms with Gasteiger partial charge < -0.3 is 9.84 Å². The number of amides is 1. The molecule has 2 fully saturated rings. The SMILES string of the molecule is CC/C(=C\c1ccc(C#N)cc1CN1C(=O)O[C@H](c2cc(C(F)(F)F)cc(C(F)(F)F)c2)[C@@H]1C)CC1CCC(C(=O)O)CC1. The van der Waals surface area contributed by atoms with Gasteiger partial charge in [0.15, 0.2) is 0 Å². The van der Waals surface area contributed by atoms with Gasteiger partial charge in [-0.15, -0.1) is 0 Å². The highest BCUT2D eigenvalue weighted by atomic mass is 19.4. The van der Waals surface area contributed by atoms with Gasteiger partial charge in [-0.3, -0.25) is 9.69 Å². The number of aliphatic carboxylic acids is 1. The number of carbonyl (C=O) groups is 2. The van der Waals surface area contributed by atoms with E-state index in [1.807, 2.05) is 19.1 Å². The van der Waals surface area contributed by atoms with Gasteiger partial charge in [0, 0.05) is 0 Å². The van der Waals surface area contributed by atoms with Crippen molar-refractivity contribution >= 4 is 18.1 Å². The second-order valence-corrected chi connectivity index (χ2v) is 11.5. The topological polar surface area (TPSA) is 90.6 Å². The third kappa shape index (κ3) is 7.55. The average molecular weight is 623 g/mol. The van der Waals surface area contributed by atoms with Crippen molar-refractivity contribution in [3.8, 4) is 6.07 Å². The lowest BCUT2D eigenvalue weighted by Gasteiger charge is -2.27. The summed E-state index contributed by atoms with van der Waals surface area (Å²) in [5.74, 6) is -0.780. The molecular weight excluding hydrogens is 590 g/mol. The lowest BCUT2D eigenvalue weighted by Crippen LogP contribution is -2.31. The van der Waals surface area contributed by atoms with E-state index < -0.39 is 53.3 Å². The molecule has 1 saturated carbocycles. The van der Waals surface area contributed by atoms with E-state index in [2.05, 4.69) is 0 Å². The van der Waals surface area contributed by atoms with Crippen LogP contribution in [0.1, 0.15) is 91.9 Å². The summed E-state index contributed by atoms with van der Waals surface area (Å²) in [5, 5.41) is 18.8. The second-order valence-electron chi connectivity index (χ2n) is 11.5. The molecule has 6 nitrogen and oxygen atoms in total. The summed E-state index contributed by atoms with van der Waals surface area (Å²) in [6.07, 6.45) is -6.16. The highest BCUT2D eigenvalue weighted by molar-refractivity contribution is 5.72. The summed E-state index contributed by atoms with van der Waals surface area (Å²) in [7, 11) is 0. The van der Waals surface area contributed by atoms with Crippen molar-refractivity contribution in [1.82, 2.24) is 4.90 Å². The van der Waals surface area contributed by atoms with Gasteiger partial charge in [-0.2, -0.15) is 31.6 Å². The lowest BCUT2D eigenvalue weighted by molar-refractivity contribution is -0.144. The molecule has 44 heavy (non-hydrogen) atoms. The molecule has 236 valence electrons. The van der Waals surface area contributed by atoms with Crippen molar-refractivity contribution in [2.45, 2.75) is 83.4 Å². The van der Waals surface area contributed by atoms with Crippen molar-refractivity contribution in [2.75, 3.05) is 0 Å². The number of carbonyl (C=O) groups excluding carboxylic acids is 1. The van der Waals surface area contributed by atoms with E-state index in [9.17, 15) is 46.3 Å². The molecule has 1 aliphatic carbocycles. The molecule has 0 bridgehead atoms. The van der Waals surface area contributed by atoms with Crippen molar-refractivity contribution in [2.24, 2.45) is 11.8 Å². The van der Waals surface area contributed by atoms with Crippen molar-refractivity contribution in [3.63, 3.8) is 0 Å². The quantitative estimate of drug-likeness (QED) is 0.297. The van der Waals surface area contributed by atoms with Crippen LogP contribution in [0.25, 0.3) is 6.08 Å². The zero-order valence-electron chi connectivity index (χ0n) is 24.1. The number of alkyl halides is 6. The zero-order chi connectivity index (χ0) is 32.4. The first kappa shape index (κ1) is 32.9. The molecule has 1 N–H and O–H groups in total. The summed E-state index contributed by atoms with van der Waals surface area (Å²) in [5.41, 5.74) is -0.744. The summed E-state index contributed by atoms with van der Waals surface area (Å²) < 4.78 is 86.1. The maximum atomic E-state index is 13.5. The van der Waals surface area contributed by atoms with Gasteiger partial charge in [0.1, 0.15) is 6.10 Å². The second kappa shape index (κ2) is 12.9. The average Bonchev–Trinajstić information content (AvgIpc) is 3.25. The maximum absolute atomic E-state index is 13.5. The van der Waals surface area contributed by atoms with Crippen molar-refractivity contribution in [1.29, 1.82) is 5.26 Å². The van der Waals surface area contributed by atoms with Gasteiger partial charge in [-0.05, 0) is 98.4 Å². The molecule has 0 radical (unpaired) electrons. The van der Waals surface area contributed by atoms with E-state index in [4.69, 9.17) is 4.74 Å². The minimum absolute atomic E-state index is 0.0256. The molecule has 0 spiro atoms. The number of nitrogens with zero attached hydrogens (tertiary/aromatic N) is 2. The molecule has 2 aromatic rings. The minimum atomic E-state index is -5.05. The Morgan fingerprint density at radius 1 is 1.05 bits per heavy atom. The Labute approximate surface area is 250 Å². The fourth-order valence-electron chi connectivity index (χ4n) is 5.95. The van der Waals surface area contributed by atoms with Crippen LogP contribution in [0.2, 0.25) is 0 Å². The van der Waals surface area contributed by atoms with Crippen LogP contribution in [0, 0.1) is 23.2 Å². The number of carboxylic acid groups (broad SMARTS) is 1. The number of cyclic esters (lactones) is 1. The van der Waals surface area contributed by atoms with Gasteiger partial charge in [0.2, 0.25) is 0 Å². The number of halogens is 6. The van der Waals surface area contributed by atoms with E-state index >= 15 is 0 Å². The fraction of sp³-hybridized carbons (Fsp3) is 0.469. The number of hydrogen-bond donors (Lipinski definition) is 1. The first-order chi connectivity index (χ1) is 20.6. The molecule has 2 aliphatic rings. The van der Waals surface area contributed by atoms with E-state index in [-0.39, 0.29) is 18.5 Å². The summed E-state index contributed by atoms with van der Waals surface area (Å²) in [6, 6.07) is 7.22.